The second kappa shape index (κ2) is 14.8. The Balaban J connectivity index is 1.53. The first-order valence-corrected chi connectivity index (χ1v) is 15.0. The summed E-state index contributed by atoms with van der Waals surface area (Å²) < 4.78 is 19.0. The molecule has 0 aliphatic heterocycles. The van der Waals surface area contributed by atoms with Crippen LogP contribution < -0.4 is 19.9 Å². The van der Waals surface area contributed by atoms with Gasteiger partial charge in [-0.05, 0) is 24.6 Å². The first-order valence-electron chi connectivity index (χ1n) is 12.3. The normalized spacial score (nSPS) is 10.7. The smallest absolute Gasteiger partial charge is 0.142 e. The van der Waals surface area contributed by atoms with Crippen LogP contribution in [-0.2, 0) is 19.8 Å². The Morgan fingerprint density at radius 1 is 0.825 bits per heavy atom. The lowest BCUT2D eigenvalue weighted by molar-refractivity contribution is 0.288. The summed E-state index contributed by atoms with van der Waals surface area (Å²) in [6.45, 7) is 1.17. The predicted octanol–water partition coefficient (Wildman–Crippen LogP) is 8.40. The molecule has 4 aromatic rings. The van der Waals surface area contributed by atoms with Crippen molar-refractivity contribution in [3.8, 4) is 34.4 Å². The number of pyridine rings is 1. The van der Waals surface area contributed by atoms with E-state index in [2.05, 4.69) is 33.6 Å². The molecule has 0 bridgehead atoms. The molecular formula is C30H25Cl3IN3O3. The van der Waals surface area contributed by atoms with E-state index in [0.29, 0.717) is 44.5 Å². The van der Waals surface area contributed by atoms with E-state index in [9.17, 15) is 0 Å². The topological polar surface area (TPSA) is 90.4 Å². The van der Waals surface area contributed by atoms with Crippen molar-refractivity contribution in [1.29, 1.82) is 5.26 Å². The summed E-state index contributed by atoms with van der Waals surface area (Å²) in [6.07, 6.45) is 4.07. The Morgan fingerprint density at radius 3 is 2.33 bits per heavy atom. The number of nitrogens with zero attached hydrogens (tertiary/aromatic N) is 2. The number of halogens is 4. The van der Waals surface area contributed by atoms with E-state index in [1.807, 2.05) is 36.4 Å². The van der Waals surface area contributed by atoms with Gasteiger partial charge in [-0.2, -0.15) is 5.26 Å². The van der Waals surface area contributed by atoms with Crippen molar-refractivity contribution in [2.24, 2.45) is 5.73 Å². The van der Waals surface area contributed by atoms with Gasteiger partial charge in [0.25, 0.3) is 0 Å². The third-order valence-electron chi connectivity index (χ3n) is 5.90. The van der Waals surface area contributed by atoms with Crippen LogP contribution in [0.5, 0.6) is 17.2 Å². The number of alkyl halides is 1. The highest BCUT2D eigenvalue weighted by molar-refractivity contribution is 14.1. The average Bonchev–Trinajstić information content (AvgIpc) is 2.97. The molecule has 0 saturated carbocycles. The van der Waals surface area contributed by atoms with Gasteiger partial charge in [0.05, 0.1) is 27.2 Å². The Bertz CT molecular complexity index is 1530. The minimum absolute atomic E-state index is 0.158. The zero-order chi connectivity index (χ0) is 28.5. The van der Waals surface area contributed by atoms with Crippen molar-refractivity contribution in [1.82, 2.24) is 4.98 Å². The van der Waals surface area contributed by atoms with Crippen LogP contribution in [0.15, 0.2) is 67.0 Å². The van der Waals surface area contributed by atoms with Gasteiger partial charge < -0.3 is 19.9 Å². The lowest BCUT2D eigenvalue weighted by atomic mass is 10.0. The first-order chi connectivity index (χ1) is 19.4. The van der Waals surface area contributed by atoms with Gasteiger partial charge in [-0.3, -0.25) is 4.98 Å². The molecule has 6 nitrogen and oxygen atoms in total. The van der Waals surface area contributed by atoms with Crippen molar-refractivity contribution in [2.45, 2.75) is 26.2 Å². The Hall–Kier alpha value is -2.74. The molecule has 4 rings (SSSR count). The second-order valence-corrected chi connectivity index (χ2v) is 10.9. The summed E-state index contributed by atoms with van der Waals surface area (Å²) in [5, 5.41) is 10.5. The number of aromatic nitrogens is 1. The molecule has 3 aromatic carbocycles. The third-order valence-corrected chi connectivity index (χ3v) is 7.80. The van der Waals surface area contributed by atoms with Gasteiger partial charge in [0.1, 0.15) is 36.5 Å². The predicted molar refractivity (Wildman–Crippen MR) is 168 cm³/mol. The summed E-state index contributed by atoms with van der Waals surface area (Å²) in [4.78, 5) is 4.07. The second-order valence-electron chi connectivity index (χ2n) is 8.65. The third kappa shape index (κ3) is 7.50. The molecule has 1 heterocycles. The van der Waals surface area contributed by atoms with Crippen LogP contribution >= 0.6 is 57.4 Å². The number of ether oxygens (including phenoxy) is 3. The van der Waals surface area contributed by atoms with Gasteiger partial charge in [0, 0.05) is 57.2 Å². The van der Waals surface area contributed by atoms with Gasteiger partial charge >= 0.3 is 0 Å². The maximum atomic E-state index is 9.12. The fraction of sp³-hybridized carbons (Fsp3) is 0.200. The summed E-state index contributed by atoms with van der Waals surface area (Å²) in [7, 11) is 0. The lowest BCUT2D eigenvalue weighted by Crippen LogP contribution is -2.05. The van der Waals surface area contributed by atoms with E-state index < -0.39 is 0 Å². The number of hydrogen-bond acceptors (Lipinski definition) is 6. The van der Waals surface area contributed by atoms with E-state index in [-0.39, 0.29) is 19.8 Å². The zero-order valence-electron chi connectivity index (χ0n) is 21.3. The van der Waals surface area contributed by atoms with Crippen LogP contribution in [0.1, 0.15) is 28.7 Å². The van der Waals surface area contributed by atoms with Crippen molar-refractivity contribution < 1.29 is 14.2 Å². The fourth-order valence-electron chi connectivity index (χ4n) is 3.89. The number of nitriles is 1. The summed E-state index contributed by atoms with van der Waals surface area (Å²) in [5.74, 6) is 1.56. The average molecular weight is 709 g/mol. The van der Waals surface area contributed by atoms with Gasteiger partial charge in [-0.15, -0.1) is 0 Å². The SMILES string of the molecule is N#Cc1cncc(COc2cc(OCc3cccc(-c4cccc(OCCCI)c4Cl)c3Cl)c(Cl)cc2CN)c1. The molecule has 0 spiro atoms. The van der Waals surface area contributed by atoms with Crippen molar-refractivity contribution >= 4 is 57.4 Å². The molecule has 0 aliphatic carbocycles. The van der Waals surface area contributed by atoms with Crippen LogP contribution in [0.25, 0.3) is 11.1 Å². The highest BCUT2D eigenvalue weighted by Crippen LogP contribution is 2.40. The van der Waals surface area contributed by atoms with Crippen LogP contribution in [-0.4, -0.2) is 16.0 Å². The molecule has 2 N–H and O–H groups in total. The van der Waals surface area contributed by atoms with Crippen molar-refractivity contribution in [3.63, 3.8) is 0 Å². The number of benzene rings is 3. The molecule has 0 fully saturated rings. The quantitative estimate of drug-likeness (QED) is 0.0904. The van der Waals surface area contributed by atoms with Crippen LogP contribution in [0, 0.1) is 11.3 Å². The molecule has 0 amide bonds. The highest BCUT2D eigenvalue weighted by atomic mass is 127. The molecule has 10 heteroatoms. The minimum Gasteiger partial charge on any atom is -0.492 e. The van der Waals surface area contributed by atoms with Crippen LogP contribution in [0.3, 0.4) is 0 Å². The van der Waals surface area contributed by atoms with Gasteiger partial charge in [0.15, 0.2) is 0 Å². The van der Waals surface area contributed by atoms with E-state index in [1.165, 1.54) is 6.20 Å². The van der Waals surface area contributed by atoms with Gasteiger partial charge in [-0.1, -0.05) is 87.7 Å². The Kier molecular flexibility index (Phi) is 11.2. The standard InChI is InChI=1S/C30H25Cl3IN3O3/c31-25-11-22(14-36)27(39-17-20-10-19(13-35)15-37-16-20)12-28(25)40-18-21-4-1-5-23(29(21)32)24-6-2-7-26(30(24)33)38-9-3-8-34/h1-2,4-7,10-12,15-16H,3,8-9,14,17-18,36H2. The minimum atomic E-state index is 0.158. The summed E-state index contributed by atoms with van der Waals surface area (Å²) in [5.41, 5.74) is 10.2. The molecule has 0 unspecified atom stereocenters. The lowest BCUT2D eigenvalue weighted by Gasteiger charge is -2.16. The van der Waals surface area contributed by atoms with Crippen LogP contribution in [0.2, 0.25) is 15.1 Å². The number of nitrogens with two attached hydrogens (primary N) is 1. The Labute approximate surface area is 262 Å². The molecule has 1 aromatic heterocycles. The molecule has 0 radical (unpaired) electrons. The van der Waals surface area contributed by atoms with Gasteiger partial charge in [-0.25, -0.2) is 0 Å². The van der Waals surface area contributed by atoms with E-state index in [4.69, 9.17) is 60.0 Å². The molecule has 206 valence electrons. The number of rotatable bonds is 12. The van der Waals surface area contributed by atoms with Crippen molar-refractivity contribution in [2.75, 3.05) is 11.0 Å². The van der Waals surface area contributed by atoms with E-state index >= 15 is 0 Å². The zero-order valence-corrected chi connectivity index (χ0v) is 25.7. The van der Waals surface area contributed by atoms with E-state index in [0.717, 1.165) is 38.7 Å². The van der Waals surface area contributed by atoms with Gasteiger partial charge in [0.2, 0.25) is 0 Å². The van der Waals surface area contributed by atoms with Crippen LogP contribution in [0.4, 0.5) is 0 Å². The number of hydrogen-bond donors (Lipinski definition) is 1. The largest absolute Gasteiger partial charge is 0.492 e. The molecule has 40 heavy (non-hydrogen) atoms. The molecule has 0 atom stereocenters. The molecule has 0 saturated heterocycles. The van der Waals surface area contributed by atoms with E-state index in [1.54, 1.807) is 24.4 Å². The first kappa shape index (κ1) is 30.2. The highest BCUT2D eigenvalue weighted by Gasteiger charge is 2.16. The Morgan fingerprint density at radius 2 is 1.57 bits per heavy atom. The fourth-order valence-corrected chi connectivity index (χ4v) is 5.01. The monoisotopic (exact) mass is 707 g/mol. The molecular weight excluding hydrogens is 684 g/mol. The van der Waals surface area contributed by atoms with Crippen molar-refractivity contribution in [3.05, 3.63) is 104 Å². The summed E-state index contributed by atoms with van der Waals surface area (Å²) >= 11 is 22.4. The maximum Gasteiger partial charge on any atom is 0.142 e. The maximum absolute atomic E-state index is 9.12. The summed E-state index contributed by atoms with van der Waals surface area (Å²) in [6, 6.07) is 18.6. The molecule has 0 aliphatic rings.